The molecule has 3 N–H and O–H groups in total. The molecule has 0 aliphatic heterocycles. The van der Waals surface area contributed by atoms with Gasteiger partial charge in [-0.2, -0.15) is 0 Å². The second-order valence-corrected chi connectivity index (χ2v) is 7.98. The Bertz CT molecular complexity index is 1170. The molecule has 3 rings (SSSR count). The number of anilines is 3. The van der Waals surface area contributed by atoms with E-state index in [9.17, 15) is 19.5 Å². The molecule has 164 valence electrons. The molecule has 8 heteroatoms. The zero-order valence-electron chi connectivity index (χ0n) is 18.3. The topological polar surface area (TPSA) is 112 Å². The van der Waals surface area contributed by atoms with E-state index in [1.807, 2.05) is 13.0 Å². The van der Waals surface area contributed by atoms with Crippen molar-refractivity contribution in [1.29, 1.82) is 0 Å². The zero-order valence-corrected chi connectivity index (χ0v) is 18.3. The average molecular weight is 425 g/mol. The SMILES string of the molecule is CCC(Nc1c(Nc2cccc(C(=O)N(C)C)c2O)c(=O)c1=O)c1cc(C(C)C)co1. The van der Waals surface area contributed by atoms with E-state index in [-0.39, 0.29) is 40.3 Å². The van der Waals surface area contributed by atoms with E-state index in [4.69, 9.17) is 4.42 Å². The highest BCUT2D eigenvalue weighted by molar-refractivity contribution is 5.99. The first-order valence-electron chi connectivity index (χ1n) is 10.1. The maximum Gasteiger partial charge on any atom is 0.257 e. The predicted octanol–water partition coefficient (Wildman–Crippen LogP) is 3.71. The molecule has 0 aliphatic rings. The zero-order chi connectivity index (χ0) is 22.9. The summed E-state index contributed by atoms with van der Waals surface area (Å²) >= 11 is 0. The van der Waals surface area contributed by atoms with Gasteiger partial charge in [0.1, 0.15) is 17.1 Å². The summed E-state index contributed by atoms with van der Waals surface area (Å²) in [5.74, 6) is 0.305. The lowest BCUT2D eigenvalue weighted by Crippen LogP contribution is -2.37. The molecule has 2 aromatic carbocycles. The number of furan rings is 1. The second-order valence-electron chi connectivity index (χ2n) is 7.98. The Balaban J connectivity index is 1.88. The van der Waals surface area contributed by atoms with Crippen LogP contribution in [0.1, 0.15) is 60.8 Å². The molecule has 0 fully saturated rings. The molecule has 31 heavy (non-hydrogen) atoms. The number of nitrogens with one attached hydrogen (secondary N) is 2. The maximum absolute atomic E-state index is 12.2. The van der Waals surface area contributed by atoms with Crippen LogP contribution in [0.5, 0.6) is 5.75 Å². The van der Waals surface area contributed by atoms with Crippen LogP contribution >= 0.6 is 0 Å². The normalized spacial score (nSPS) is 12.2. The molecule has 1 heterocycles. The minimum Gasteiger partial charge on any atom is -0.505 e. The Hall–Kier alpha value is -3.55. The summed E-state index contributed by atoms with van der Waals surface area (Å²) in [6.45, 7) is 6.06. The number of hydrogen-bond donors (Lipinski definition) is 3. The van der Waals surface area contributed by atoms with Crippen LogP contribution in [0.4, 0.5) is 17.1 Å². The van der Waals surface area contributed by atoms with Crippen molar-refractivity contribution in [2.45, 2.75) is 39.2 Å². The van der Waals surface area contributed by atoms with Gasteiger partial charge in [-0.1, -0.05) is 26.8 Å². The van der Waals surface area contributed by atoms with Crippen molar-refractivity contribution in [2.24, 2.45) is 0 Å². The fourth-order valence-corrected chi connectivity index (χ4v) is 3.24. The molecular weight excluding hydrogens is 398 g/mol. The molecule has 0 bridgehead atoms. The van der Waals surface area contributed by atoms with Gasteiger partial charge in [0.15, 0.2) is 5.75 Å². The van der Waals surface area contributed by atoms with Crippen molar-refractivity contribution in [1.82, 2.24) is 4.90 Å². The van der Waals surface area contributed by atoms with Gasteiger partial charge < -0.3 is 25.1 Å². The number of nitrogens with zero attached hydrogens (tertiary/aromatic N) is 1. The lowest BCUT2D eigenvalue weighted by molar-refractivity contribution is 0.0824. The minimum absolute atomic E-state index is 0.0452. The van der Waals surface area contributed by atoms with E-state index in [1.165, 1.54) is 17.0 Å². The van der Waals surface area contributed by atoms with Crippen molar-refractivity contribution in [3.63, 3.8) is 0 Å². The van der Waals surface area contributed by atoms with Crippen LogP contribution in [-0.4, -0.2) is 30.0 Å². The minimum atomic E-state index is -0.691. The molecule has 1 amide bonds. The molecule has 0 saturated heterocycles. The van der Waals surface area contributed by atoms with Gasteiger partial charge in [-0.05, 0) is 36.1 Å². The molecular formula is C23H27N3O5. The Morgan fingerprint density at radius 2 is 1.84 bits per heavy atom. The predicted molar refractivity (Wildman–Crippen MR) is 120 cm³/mol. The molecule has 3 aromatic rings. The van der Waals surface area contributed by atoms with Crippen LogP contribution in [0.2, 0.25) is 0 Å². The first-order chi connectivity index (χ1) is 14.6. The van der Waals surface area contributed by atoms with E-state index in [1.54, 1.807) is 26.4 Å². The Morgan fingerprint density at radius 1 is 1.16 bits per heavy atom. The molecule has 8 nitrogen and oxygen atoms in total. The number of carbonyl (C=O) groups excluding carboxylic acids is 1. The number of phenolic OH excluding ortho intramolecular Hbond substituents is 1. The third kappa shape index (κ3) is 4.19. The summed E-state index contributed by atoms with van der Waals surface area (Å²) in [5, 5.41) is 16.4. The highest BCUT2D eigenvalue weighted by Crippen LogP contribution is 2.33. The van der Waals surface area contributed by atoms with Gasteiger partial charge in [0.25, 0.3) is 16.8 Å². The molecule has 1 aromatic heterocycles. The summed E-state index contributed by atoms with van der Waals surface area (Å²) in [7, 11) is 3.15. The number of amides is 1. The van der Waals surface area contributed by atoms with Gasteiger partial charge in [-0.3, -0.25) is 14.4 Å². The number of carbonyl (C=O) groups is 1. The van der Waals surface area contributed by atoms with Crippen LogP contribution in [0, 0.1) is 0 Å². The third-order valence-corrected chi connectivity index (χ3v) is 5.22. The Kier molecular flexibility index (Phi) is 6.19. The van der Waals surface area contributed by atoms with Gasteiger partial charge in [-0.15, -0.1) is 0 Å². The number of benzene rings is 1. The lowest BCUT2D eigenvalue weighted by Gasteiger charge is -2.21. The highest BCUT2D eigenvalue weighted by Gasteiger charge is 2.26. The van der Waals surface area contributed by atoms with Crippen molar-refractivity contribution in [3.05, 3.63) is 67.9 Å². The number of para-hydroxylation sites is 1. The summed E-state index contributed by atoms with van der Waals surface area (Å²) in [4.78, 5) is 38.0. The standard InChI is InChI=1S/C23H27N3O5/c1-6-15(17-10-13(11-31-17)12(2)3)24-18-19(22(29)21(18)28)25-16-9-7-8-14(20(16)27)23(30)26(4)5/h7-12,15,24-25,27H,6H2,1-5H3. The summed E-state index contributed by atoms with van der Waals surface area (Å²) < 4.78 is 5.66. The van der Waals surface area contributed by atoms with Crippen LogP contribution in [0.25, 0.3) is 0 Å². The smallest absolute Gasteiger partial charge is 0.257 e. The Labute approximate surface area is 180 Å². The molecule has 0 saturated carbocycles. The fraction of sp³-hybridized carbons (Fsp3) is 0.348. The van der Waals surface area contributed by atoms with Gasteiger partial charge in [-0.25, -0.2) is 0 Å². The quantitative estimate of drug-likeness (QED) is 0.372. The van der Waals surface area contributed by atoms with Crippen molar-refractivity contribution in [2.75, 3.05) is 24.7 Å². The third-order valence-electron chi connectivity index (χ3n) is 5.22. The van der Waals surface area contributed by atoms with E-state index in [0.29, 0.717) is 18.1 Å². The van der Waals surface area contributed by atoms with E-state index in [0.717, 1.165) is 5.56 Å². The lowest BCUT2D eigenvalue weighted by atomic mass is 10.0. The number of rotatable bonds is 8. The van der Waals surface area contributed by atoms with Crippen molar-refractivity contribution < 1.29 is 14.3 Å². The fourth-order valence-electron chi connectivity index (χ4n) is 3.24. The molecule has 0 radical (unpaired) electrons. The molecule has 0 aliphatic carbocycles. The molecule has 1 unspecified atom stereocenters. The van der Waals surface area contributed by atoms with Crippen molar-refractivity contribution in [3.8, 4) is 5.75 Å². The number of hydrogen-bond acceptors (Lipinski definition) is 7. The first-order valence-corrected chi connectivity index (χ1v) is 10.1. The van der Waals surface area contributed by atoms with E-state index < -0.39 is 10.9 Å². The monoisotopic (exact) mass is 425 g/mol. The average Bonchev–Trinajstić information content (AvgIpc) is 3.23. The largest absolute Gasteiger partial charge is 0.505 e. The van der Waals surface area contributed by atoms with Gasteiger partial charge >= 0.3 is 0 Å². The van der Waals surface area contributed by atoms with E-state index in [2.05, 4.69) is 24.5 Å². The van der Waals surface area contributed by atoms with Gasteiger partial charge in [0.2, 0.25) is 0 Å². The van der Waals surface area contributed by atoms with E-state index >= 15 is 0 Å². The van der Waals surface area contributed by atoms with Gasteiger partial charge in [0.05, 0.1) is 23.6 Å². The maximum atomic E-state index is 12.2. The van der Waals surface area contributed by atoms with Crippen molar-refractivity contribution >= 4 is 23.0 Å². The highest BCUT2D eigenvalue weighted by atomic mass is 16.3. The second kappa shape index (κ2) is 8.67. The molecule has 0 spiro atoms. The summed E-state index contributed by atoms with van der Waals surface area (Å²) in [5.41, 5.74) is 0.139. The van der Waals surface area contributed by atoms with Crippen LogP contribution in [-0.2, 0) is 0 Å². The number of phenols is 1. The van der Waals surface area contributed by atoms with Crippen LogP contribution < -0.4 is 21.5 Å². The molecule has 1 atom stereocenters. The van der Waals surface area contributed by atoms with Crippen LogP contribution in [0.15, 0.2) is 44.5 Å². The van der Waals surface area contributed by atoms with Crippen LogP contribution in [0.3, 0.4) is 0 Å². The summed E-state index contributed by atoms with van der Waals surface area (Å²) in [6, 6.07) is 6.24. The van der Waals surface area contributed by atoms with Gasteiger partial charge in [0, 0.05) is 14.1 Å². The number of aromatic hydroxyl groups is 1. The summed E-state index contributed by atoms with van der Waals surface area (Å²) in [6.07, 6.45) is 2.32. The Morgan fingerprint density at radius 3 is 2.42 bits per heavy atom. The first kappa shape index (κ1) is 22.1.